The Labute approximate surface area is 142 Å². The van der Waals surface area contributed by atoms with Crippen LogP contribution in [0.1, 0.15) is 75.3 Å². The van der Waals surface area contributed by atoms with Gasteiger partial charge in [-0.15, -0.1) is 0 Å². The van der Waals surface area contributed by atoms with Crippen molar-refractivity contribution in [1.82, 2.24) is 14.7 Å². The lowest BCUT2D eigenvalue weighted by Crippen LogP contribution is -2.47. The normalized spacial score (nSPS) is 26.6. The molecule has 1 aromatic heterocycles. The predicted octanol–water partition coefficient (Wildman–Crippen LogP) is 3.10. The van der Waals surface area contributed by atoms with Gasteiger partial charge in [-0.1, -0.05) is 26.7 Å². The molecule has 2 aliphatic rings. The fraction of sp³-hybridized carbons (Fsp3) is 0.722. The van der Waals surface area contributed by atoms with Crippen LogP contribution in [-0.4, -0.2) is 43.7 Å². The fourth-order valence-electron chi connectivity index (χ4n) is 4.51. The highest BCUT2D eigenvalue weighted by Crippen LogP contribution is 2.40. The molecule has 2 fully saturated rings. The molecule has 0 bridgehead atoms. The number of fused-ring (bicyclic) bond motifs is 1. The van der Waals surface area contributed by atoms with Gasteiger partial charge in [-0.25, -0.2) is 4.79 Å². The number of aliphatic carboxylic acids is 1. The van der Waals surface area contributed by atoms with Gasteiger partial charge in [-0.2, -0.15) is 5.10 Å². The highest BCUT2D eigenvalue weighted by Gasteiger charge is 2.48. The number of carboxylic acids is 1. The first-order chi connectivity index (χ1) is 11.6. The van der Waals surface area contributed by atoms with Gasteiger partial charge in [-0.3, -0.25) is 9.48 Å². The molecule has 3 atom stereocenters. The van der Waals surface area contributed by atoms with E-state index in [1.54, 1.807) is 21.8 Å². The first-order valence-electron chi connectivity index (χ1n) is 9.17. The van der Waals surface area contributed by atoms with Crippen molar-refractivity contribution in [2.24, 2.45) is 5.92 Å². The van der Waals surface area contributed by atoms with Gasteiger partial charge in [0, 0.05) is 12.2 Å². The van der Waals surface area contributed by atoms with Crippen LogP contribution in [0.5, 0.6) is 0 Å². The van der Waals surface area contributed by atoms with Gasteiger partial charge < -0.3 is 10.0 Å². The Morgan fingerprint density at radius 1 is 1.29 bits per heavy atom. The summed E-state index contributed by atoms with van der Waals surface area (Å²) in [5, 5.41) is 14.0. The number of nitrogens with zero attached hydrogens (tertiary/aromatic N) is 3. The molecule has 6 nitrogen and oxygen atoms in total. The molecule has 2 heterocycles. The van der Waals surface area contributed by atoms with Crippen LogP contribution in [-0.2, 0) is 4.79 Å². The Balaban J connectivity index is 1.93. The van der Waals surface area contributed by atoms with Crippen LogP contribution in [0.15, 0.2) is 12.3 Å². The summed E-state index contributed by atoms with van der Waals surface area (Å²) >= 11 is 0. The maximum absolute atomic E-state index is 13.2. The molecule has 1 saturated carbocycles. The van der Waals surface area contributed by atoms with Crippen molar-refractivity contribution in [3.8, 4) is 0 Å². The zero-order valence-corrected chi connectivity index (χ0v) is 14.5. The second-order valence-electron chi connectivity index (χ2n) is 7.05. The molecule has 1 amide bonds. The van der Waals surface area contributed by atoms with E-state index in [1.165, 1.54) is 0 Å². The van der Waals surface area contributed by atoms with Crippen molar-refractivity contribution in [1.29, 1.82) is 0 Å². The van der Waals surface area contributed by atoms with E-state index in [1.807, 2.05) is 0 Å². The van der Waals surface area contributed by atoms with Crippen LogP contribution in [0.2, 0.25) is 0 Å². The van der Waals surface area contributed by atoms with Crippen LogP contribution >= 0.6 is 0 Å². The SMILES string of the molecule is CCC(CC)n1nccc1C(=O)N1[C@H](C(=O)O)C[C@@H]2CCCC[C@@H]21. The summed E-state index contributed by atoms with van der Waals surface area (Å²) in [5.41, 5.74) is 0.529. The number of carboxylic acid groups (broad SMARTS) is 1. The molecule has 1 aliphatic carbocycles. The molecule has 132 valence electrons. The maximum Gasteiger partial charge on any atom is 0.326 e. The Bertz CT molecular complexity index is 608. The van der Waals surface area contributed by atoms with Gasteiger partial charge in [0.05, 0.1) is 6.04 Å². The first-order valence-corrected chi connectivity index (χ1v) is 9.17. The lowest BCUT2D eigenvalue weighted by Gasteiger charge is -2.33. The number of aromatic nitrogens is 2. The van der Waals surface area contributed by atoms with Crippen molar-refractivity contribution < 1.29 is 14.7 Å². The number of likely N-dealkylation sites (tertiary alicyclic amines) is 1. The summed E-state index contributed by atoms with van der Waals surface area (Å²) in [5.74, 6) is -0.721. The fourth-order valence-corrected chi connectivity index (χ4v) is 4.51. The second kappa shape index (κ2) is 6.95. The Morgan fingerprint density at radius 3 is 2.67 bits per heavy atom. The monoisotopic (exact) mass is 333 g/mol. The summed E-state index contributed by atoms with van der Waals surface area (Å²) in [6.45, 7) is 4.16. The van der Waals surface area contributed by atoms with Crippen LogP contribution < -0.4 is 0 Å². The summed E-state index contributed by atoms with van der Waals surface area (Å²) < 4.78 is 1.79. The van der Waals surface area contributed by atoms with Gasteiger partial charge in [0.15, 0.2) is 0 Å². The molecule has 6 heteroatoms. The average molecular weight is 333 g/mol. The van der Waals surface area contributed by atoms with Crippen LogP contribution in [0.4, 0.5) is 0 Å². The van der Waals surface area contributed by atoms with Crippen molar-refractivity contribution in [2.45, 2.75) is 76.9 Å². The largest absolute Gasteiger partial charge is 0.480 e. The van der Waals surface area contributed by atoms with Crippen molar-refractivity contribution >= 4 is 11.9 Å². The number of hydrogen-bond donors (Lipinski definition) is 1. The third-order valence-corrected chi connectivity index (χ3v) is 5.79. The van der Waals surface area contributed by atoms with Crippen LogP contribution in [0, 0.1) is 5.92 Å². The number of carbonyl (C=O) groups excluding carboxylic acids is 1. The van der Waals surface area contributed by atoms with Crippen LogP contribution in [0.25, 0.3) is 0 Å². The quantitative estimate of drug-likeness (QED) is 0.898. The molecule has 0 spiro atoms. The molecular formula is C18H27N3O3. The van der Waals surface area contributed by atoms with E-state index < -0.39 is 12.0 Å². The smallest absolute Gasteiger partial charge is 0.326 e. The van der Waals surface area contributed by atoms with E-state index in [2.05, 4.69) is 18.9 Å². The van der Waals surface area contributed by atoms with Gasteiger partial charge in [0.1, 0.15) is 11.7 Å². The van der Waals surface area contributed by atoms with E-state index >= 15 is 0 Å². The average Bonchev–Trinajstić information content (AvgIpc) is 3.20. The number of amides is 1. The highest BCUT2D eigenvalue weighted by atomic mass is 16.4. The topological polar surface area (TPSA) is 75.4 Å². The molecule has 3 rings (SSSR count). The van der Waals surface area contributed by atoms with Gasteiger partial charge >= 0.3 is 5.97 Å². The van der Waals surface area contributed by atoms with E-state index in [4.69, 9.17) is 0 Å². The summed E-state index contributed by atoms with van der Waals surface area (Å²) in [7, 11) is 0. The predicted molar refractivity (Wildman–Crippen MR) is 89.8 cm³/mol. The minimum Gasteiger partial charge on any atom is -0.480 e. The third kappa shape index (κ3) is 2.82. The summed E-state index contributed by atoms with van der Waals surface area (Å²) in [6.07, 6.45) is 8.19. The zero-order valence-electron chi connectivity index (χ0n) is 14.5. The minimum absolute atomic E-state index is 0.0670. The minimum atomic E-state index is -0.883. The Kier molecular flexibility index (Phi) is 4.92. The van der Waals surface area contributed by atoms with Crippen molar-refractivity contribution in [3.63, 3.8) is 0 Å². The Morgan fingerprint density at radius 2 is 2.00 bits per heavy atom. The van der Waals surface area contributed by atoms with E-state index in [-0.39, 0.29) is 18.0 Å². The van der Waals surface area contributed by atoms with E-state index in [0.29, 0.717) is 18.0 Å². The molecule has 0 radical (unpaired) electrons. The summed E-state index contributed by atoms with van der Waals surface area (Å²) in [6, 6.07) is 1.27. The number of rotatable bonds is 5. The summed E-state index contributed by atoms with van der Waals surface area (Å²) in [4.78, 5) is 26.6. The van der Waals surface area contributed by atoms with E-state index in [0.717, 1.165) is 38.5 Å². The lowest BCUT2D eigenvalue weighted by atomic mass is 9.84. The van der Waals surface area contributed by atoms with Gasteiger partial charge in [-0.05, 0) is 44.1 Å². The van der Waals surface area contributed by atoms with Crippen LogP contribution in [0.3, 0.4) is 0 Å². The van der Waals surface area contributed by atoms with Gasteiger partial charge in [0.2, 0.25) is 0 Å². The maximum atomic E-state index is 13.2. The first kappa shape index (κ1) is 17.0. The molecule has 0 aromatic carbocycles. The molecule has 1 aliphatic heterocycles. The second-order valence-corrected chi connectivity index (χ2v) is 7.05. The highest BCUT2D eigenvalue weighted by molar-refractivity contribution is 5.96. The van der Waals surface area contributed by atoms with E-state index in [9.17, 15) is 14.7 Å². The van der Waals surface area contributed by atoms with Crippen molar-refractivity contribution in [2.75, 3.05) is 0 Å². The van der Waals surface area contributed by atoms with Crippen molar-refractivity contribution in [3.05, 3.63) is 18.0 Å². The molecule has 1 saturated heterocycles. The third-order valence-electron chi connectivity index (χ3n) is 5.79. The van der Waals surface area contributed by atoms with Gasteiger partial charge in [0.25, 0.3) is 5.91 Å². The molecular weight excluding hydrogens is 306 g/mol. The molecule has 0 unspecified atom stereocenters. The Hall–Kier alpha value is -1.85. The molecule has 1 N–H and O–H groups in total. The molecule has 24 heavy (non-hydrogen) atoms. The molecule has 1 aromatic rings. The number of carbonyl (C=O) groups is 2. The number of hydrogen-bond acceptors (Lipinski definition) is 3. The standard InChI is InChI=1S/C18H27N3O3/c1-3-13(4-2)21-15(9-10-19-21)17(22)20-14-8-6-5-7-12(14)11-16(20)18(23)24/h9-10,12-14,16H,3-8,11H2,1-2H3,(H,23,24)/t12-,14-,16-/m0/s1. The lowest BCUT2D eigenvalue weighted by molar-refractivity contribution is -0.141. The zero-order chi connectivity index (χ0) is 17.3.